The molecule has 2 aromatic heterocycles. The van der Waals surface area contributed by atoms with Crippen molar-refractivity contribution in [2.75, 3.05) is 0 Å². The largest absolute Gasteiger partial charge is 0.350 e. The zero-order valence-electron chi connectivity index (χ0n) is 33.6. The number of aliphatic imine (C=N–C) groups is 1. The summed E-state index contributed by atoms with van der Waals surface area (Å²) in [6.07, 6.45) is 22.7. The number of nitrogens with one attached hydrogen (secondary N) is 4. The van der Waals surface area contributed by atoms with Crippen LogP contribution in [0, 0.1) is 0 Å². The fourth-order valence-electron chi connectivity index (χ4n) is 4.05. The van der Waals surface area contributed by atoms with Crippen molar-refractivity contribution >= 4 is 47.6 Å². The molecule has 0 unspecified atom stereocenters. The molecule has 12 heteroatoms. The van der Waals surface area contributed by atoms with Gasteiger partial charge in [-0.3, -0.25) is 29.2 Å². The Morgan fingerprint density at radius 3 is 1.53 bits per heavy atom. The van der Waals surface area contributed by atoms with Gasteiger partial charge in [0.25, 0.3) is 0 Å². The van der Waals surface area contributed by atoms with E-state index in [2.05, 4.69) is 36.2 Å². The van der Waals surface area contributed by atoms with Crippen molar-refractivity contribution < 1.29 is 19.2 Å². The zero-order valence-corrected chi connectivity index (χ0v) is 33.6. The van der Waals surface area contributed by atoms with Crippen LogP contribution < -0.4 is 21.3 Å². The molecule has 1 aromatic carbocycles. The van der Waals surface area contributed by atoms with E-state index in [0.717, 1.165) is 29.2 Å². The van der Waals surface area contributed by atoms with Crippen molar-refractivity contribution in [1.82, 2.24) is 35.8 Å². The van der Waals surface area contributed by atoms with Crippen molar-refractivity contribution in [3.05, 3.63) is 127 Å². The number of carbonyl (C=O) groups is 4. The van der Waals surface area contributed by atoms with Crippen LogP contribution in [-0.4, -0.2) is 68.0 Å². The molecule has 0 radical (unpaired) electrons. The number of allylic oxidation sites excluding steroid dienone is 2. The highest BCUT2D eigenvalue weighted by molar-refractivity contribution is 6.02. The number of amides is 4. The number of imidazole rings is 1. The van der Waals surface area contributed by atoms with Gasteiger partial charge in [-0.1, -0.05) is 42.5 Å². The molecular weight excluding hydrogens is 693 g/mol. The lowest BCUT2D eigenvalue weighted by Gasteiger charge is -2.03. The molecule has 4 rings (SSSR count). The van der Waals surface area contributed by atoms with Crippen molar-refractivity contribution in [2.24, 2.45) is 12.0 Å². The van der Waals surface area contributed by atoms with Crippen LogP contribution in [-0.2, 0) is 26.2 Å². The fraction of sp³-hybridized carbons (Fsp3) is 0.326. The first-order valence-electron chi connectivity index (χ1n) is 18.2. The van der Waals surface area contributed by atoms with Gasteiger partial charge in [0.15, 0.2) is 0 Å². The van der Waals surface area contributed by atoms with E-state index in [4.69, 9.17) is 0 Å². The van der Waals surface area contributed by atoms with Crippen LogP contribution in [0.1, 0.15) is 78.9 Å². The van der Waals surface area contributed by atoms with Gasteiger partial charge in [0.2, 0.25) is 23.6 Å². The Bertz CT molecular complexity index is 1700. The smallest absolute Gasteiger partial charge is 0.244 e. The van der Waals surface area contributed by atoms with Crippen LogP contribution in [0.25, 0.3) is 18.2 Å². The first kappa shape index (κ1) is 46.9. The van der Waals surface area contributed by atoms with E-state index in [-0.39, 0.29) is 47.8 Å². The number of benzene rings is 1. The fourth-order valence-corrected chi connectivity index (χ4v) is 4.05. The van der Waals surface area contributed by atoms with Gasteiger partial charge < -0.3 is 25.8 Å². The number of carbonyl (C=O) groups excluding carboxylic acids is 4. The number of hydrogen-bond donors (Lipinski definition) is 4. The van der Waals surface area contributed by atoms with Crippen LogP contribution in [0.4, 0.5) is 0 Å². The molecule has 0 atom stereocenters. The zero-order chi connectivity index (χ0) is 41.0. The minimum atomic E-state index is -0.0944. The molecule has 0 bridgehead atoms. The highest BCUT2D eigenvalue weighted by atomic mass is 16.2. The van der Waals surface area contributed by atoms with Crippen LogP contribution in [0.5, 0.6) is 0 Å². The van der Waals surface area contributed by atoms with Gasteiger partial charge in [0.1, 0.15) is 5.82 Å². The molecule has 0 saturated carbocycles. The monoisotopic (exact) mass is 750 g/mol. The van der Waals surface area contributed by atoms with Crippen LogP contribution in [0.2, 0.25) is 0 Å². The standard InChI is InChI=1S/C12H15NO.C11H14N2O.C10H15N3O.C10H14N2O/c1-10(2)13-12(14)9-8-11-6-4-3-5-7-11;1-9(2)13-11(14)7-6-10-5-3-4-8-12-10;1-8(2)12-10(14)5-4-9-11-6-7-13(9)3;1-8(2)12-10(13)6-5-9-4-3-7-11-9/h3-10H,1-2H3,(H,13,14);3-9H,1-2H3,(H,13,14);4-8H,1-3H3,(H,12,14);3,5-8H,4H2,1-2H3,(H,12,13)/b9-8+;7-6+;5-4+;6-5+. The molecule has 0 fully saturated rings. The summed E-state index contributed by atoms with van der Waals surface area (Å²) in [5, 5.41) is 11.1. The Kier molecular flexibility index (Phi) is 23.4. The van der Waals surface area contributed by atoms with E-state index in [1.54, 1.807) is 49.0 Å². The molecule has 55 heavy (non-hydrogen) atoms. The van der Waals surface area contributed by atoms with E-state index in [0.29, 0.717) is 0 Å². The third-order valence-corrected chi connectivity index (χ3v) is 6.39. The SMILES string of the molecule is CC(C)NC(=O)/C=C/C1=NC=CC1.CC(C)NC(=O)/C=C/c1ccccc1.CC(C)NC(=O)/C=C/c1ccccn1.CC(C)NC(=O)/C=C/c1nccn1C. The van der Waals surface area contributed by atoms with E-state index >= 15 is 0 Å². The summed E-state index contributed by atoms with van der Waals surface area (Å²) in [5.74, 6) is 0.464. The van der Waals surface area contributed by atoms with Gasteiger partial charge in [0, 0.05) is 92.4 Å². The maximum atomic E-state index is 11.2. The predicted octanol–water partition coefficient (Wildman–Crippen LogP) is 6.23. The number of hydrogen-bond acceptors (Lipinski definition) is 7. The maximum absolute atomic E-state index is 11.2. The van der Waals surface area contributed by atoms with E-state index in [1.807, 2.05) is 128 Å². The van der Waals surface area contributed by atoms with Crippen LogP contribution in [0.3, 0.4) is 0 Å². The molecule has 1 aliphatic heterocycles. The molecule has 1 aliphatic rings. The molecular formula is C43H58N8O4. The lowest BCUT2D eigenvalue weighted by atomic mass is 10.2. The van der Waals surface area contributed by atoms with Gasteiger partial charge in [-0.2, -0.15) is 0 Å². The van der Waals surface area contributed by atoms with Gasteiger partial charge in [-0.05, 0) is 97.4 Å². The summed E-state index contributed by atoms with van der Waals surface area (Å²) >= 11 is 0. The van der Waals surface area contributed by atoms with E-state index < -0.39 is 0 Å². The topological polar surface area (TPSA) is 159 Å². The Hall–Kier alpha value is -6.17. The number of aromatic nitrogens is 3. The lowest BCUT2D eigenvalue weighted by molar-refractivity contribution is -0.117. The summed E-state index contributed by atoms with van der Waals surface area (Å²) in [6.45, 7) is 15.4. The van der Waals surface area contributed by atoms with Crippen molar-refractivity contribution in [3.63, 3.8) is 0 Å². The van der Waals surface area contributed by atoms with Gasteiger partial charge in [-0.15, -0.1) is 0 Å². The average Bonchev–Trinajstić information content (AvgIpc) is 3.80. The molecule has 0 saturated heterocycles. The molecule has 0 spiro atoms. The Morgan fingerprint density at radius 2 is 1.09 bits per heavy atom. The Balaban J connectivity index is 0.000000367. The highest BCUT2D eigenvalue weighted by Gasteiger charge is 2.01. The van der Waals surface area contributed by atoms with Gasteiger partial charge in [0.05, 0.1) is 5.69 Å². The minimum absolute atomic E-state index is 0.0520. The average molecular weight is 751 g/mol. The second-order valence-electron chi connectivity index (χ2n) is 13.3. The maximum Gasteiger partial charge on any atom is 0.244 e. The van der Waals surface area contributed by atoms with Crippen molar-refractivity contribution in [2.45, 2.75) is 86.0 Å². The Morgan fingerprint density at radius 1 is 0.600 bits per heavy atom. The number of rotatable bonds is 12. The molecule has 4 amide bonds. The normalized spacial score (nSPS) is 12.0. The molecule has 0 aliphatic carbocycles. The second kappa shape index (κ2) is 27.4. The molecule has 3 aromatic rings. The minimum Gasteiger partial charge on any atom is -0.350 e. The second-order valence-corrected chi connectivity index (χ2v) is 13.3. The summed E-state index contributed by atoms with van der Waals surface area (Å²) in [7, 11) is 1.88. The third-order valence-electron chi connectivity index (χ3n) is 6.39. The van der Waals surface area contributed by atoms with Crippen LogP contribution in [0.15, 0.2) is 115 Å². The number of aryl methyl sites for hydroxylation is 1. The first-order chi connectivity index (χ1) is 26.1. The number of nitrogens with zero attached hydrogens (tertiary/aromatic N) is 4. The summed E-state index contributed by atoms with van der Waals surface area (Å²) in [5.41, 5.74) is 2.75. The third kappa shape index (κ3) is 25.4. The molecule has 12 nitrogen and oxygen atoms in total. The summed E-state index contributed by atoms with van der Waals surface area (Å²) in [6, 6.07) is 16.0. The molecule has 3 heterocycles. The summed E-state index contributed by atoms with van der Waals surface area (Å²) < 4.78 is 1.85. The van der Waals surface area contributed by atoms with Crippen molar-refractivity contribution in [1.29, 1.82) is 0 Å². The lowest BCUT2D eigenvalue weighted by Crippen LogP contribution is -2.28. The highest BCUT2D eigenvalue weighted by Crippen LogP contribution is 2.02. The van der Waals surface area contributed by atoms with Crippen molar-refractivity contribution in [3.8, 4) is 0 Å². The predicted molar refractivity (Wildman–Crippen MR) is 224 cm³/mol. The first-order valence-corrected chi connectivity index (χ1v) is 18.2. The van der Waals surface area contributed by atoms with Gasteiger partial charge >= 0.3 is 0 Å². The Labute approximate surface area is 326 Å². The number of pyridine rings is 1. The van der Waals surface area contributed by atoms with E-state index in [1.165, 1.54) is 18.2 Å². The summed E-state index contributed by atoms with van der Waals surface area (Å²) in [4.78, 5) is 57.0. The molecule has 294 valence electrons. The van der Waals surface area contributed by atoms with Gasteiger partial charge in [-0.25, -0.2) is 4.98 Å². The molecule has 4 N–H and O–H groups in total. The quantitative estimate of drug-likeness (QED) is 0.161. The van der Waals surface area contributed by atoms with E-state index in [9.17, 15) is 19.2 Å². The van der Waals surface area contributed by atoms with Crippen LogP contribution >= 0.6 is 0 Å².